The van der Waals surface area contributed by atoms with E-state index in [2.05, 4.69) is 29.4 Å². The van der Waals surface area contributed by atoms with Gasteiger partial charge in [0.05, 0.1) is 25.9 Å². The minimum absolute atomic E-state index is 0.00134. The summed E-state index contributed by atoms with van der Waals surface area (Å²) in [7, 11) is 0. The molecule has 2 amide bonds. The molecule has 132 valence electrons. The predicted octanol–water partition coefficient (Wildman–Crippen LogP) is 1.92. The molecule has 3 rings (SSSR count). The van der Waals surface area contributed by atoms with Crippen LogP contribution in [0.5, 0.6) is 5.75 Å². The van der Waals surface area contributed by atoms with E-state index in [1.54, 1.807) is 0 Å². The van der Waals surface area contributed by atoms with Crippen LogP contribution in [0.15, 0.2) is 24.3 Å². The Morgan fingerprint density at radius 3 is 2.79 bits per heavy atom. The molecule has 0 aliphatic carbocycles. The Morgan fingerprint density at radius 2 is 2.00 bits per heavy atom. The van der Waals surface area contributed by atoms with Gasteiger partial charge in [-0.3, -0.25) is 4.90 Å². The first-order valence-corrected chi connectivity index (χ1v) is 8.65. The van der Waals surface area contributed by atoms with Gasteiger partial charge in [-0.15, -0.1) is 0 Å². The second kappa shape index (κ2) is 7.40. The third kappa shape index (κ3) is 3.99. The third-order valence-electron chi connectivity index (χ3n) is 4.81. The van der Waals surface area contributed by atoms with Crippen LogP contribution in [-0.4, -0.2) is 55.9 Å². The lowest BCUT2D eigenvalue weighted by Crippen LogP contribution is -2.56. The first-order chi connectivity index (χ1) is 11.6. The molecule has 0 spiro atoms. The number of para-hydroxylation sites is 1. The summed E-state index contributed by atoms with van der Waals surface area (Å²) in [6, 6.07) is 7.76. The topological polar surface area (TPSA) is 62.8 Å². The number of ether oxygens (including phenoxy) is 2. The van der Waals surface area contributed by atoms with Gasteiger partial charge in [-0.2, -0.15) is 0 Å². The van der Waals surface area contributed by atoms with Gasteiger partial charge in [0, 0.05) is 37.2 Å². The lowest BCUT2D eigenvalue weighted by molar-refractivity contribution is -0.00877. The van der Waals surface area contributed by atoms with E-state index in [-0.39, 0.29) is 17.6 Å². The van der Waals surface area contributed by atoms with Gasteiger partial charge < -0.3 is 20.1 Å². The van der Waals surface area contributed by atoms with Gasteiger partial charge >= 0.3 is 6.03 Å². The second-order valence-electron chi connectivity index (χ2n) is 6.97. The highest BCUT2D eigenvalue weighted by Crippen LogP contribution is 2.31. The molecule has 0 bridgehead atoms. The average Bonchev–Trinajstić information content (AvgIpc) is 2.61. The van der Waals surface area contributed by atoms with E-state index in [1.807, 2.05) is 24.3 Å². The summed E-state index contributed by atoms with van der Waals surface area (Å²) < 4.78 is 11.0. The normalized spacial score (nSPS) is 21.5. The van der Waals surface area contributed by atoms with Crippen LogP contribution in [0.4, 0.5) is 4.79 Å². The van der Waals surface area contributed by atoms with E-state index >= 15 is 0 Å². The summed E-state index contributed by atoms with van der Waals surface area (Å²) in [5, 5.41) is 6.10. The molecular formula is C18H27N3O3. The average molecular weight is 333 g/mol. The number of carbonyl (C=O) groups is 1. The van der Waals surface area contributed by atoms with Crippen molar-refractivity contribution in [3.8, 4) is 5.75 Å². The van der Waals surface area contributed by atoms with Crippen molar-refractivity contribution < 1.29 is 14.3 Å². The molecule has 0 aromatic heterocycles. The maximum Gasteiger partial charge on any atom is 0.315 e. The van der Waals surface area contributed by atoms with E-state index in [4.69, 9.17) is 9.47 Å². The van der Waals surface area contributed by atoms with E-state index in [9.17, 15) is 4.79 Å². The smallest absolute Gasteiger partial charge is 0.315 e. The number of morpholine rings is 1. The summed E-state index contributed by atoms with van der Waals surface area (Å²) >= 11 is 0. The number of benzene rings is 1. The van der Waals surface area contributed by atoms with Gasteiger partial charge in [-0.05, 0) is 19.9 Å². The Labute approximate surface area is 143 Å². The van der Waals surface area contributed by atoms with Crippen molar-refractivity contribution in [2.75, 3.05) is 39.5 Å². The first kappa shape index (κ1) is 17.0. The first-order valence-electron chi connectivity index (χ1n) is 8.65. The molecule has 1 fully saturated rings. The Balaban J connectivity index is 1.53. The van der Waals surface area contributed by atoms with Crippen LogP contribution >= 0.6 is 0 Å². The molecule has 1 atom stereocenters. The molecule has 6 heteroatoms. The molecular weight excluding hydrogens is 306 g/mol. The minimum Gasteiger partial charge on any atom is -0.493 e. The fraction of sp³-hybridized carbons (Fsp3) is 0.611. The number of urea groups is 1. The maximum absolute atomic E-state index is 12.3. The molecule has 24 heavy (non-hydrogen) atoms. The SMILES string of the molecule is CC(C)(CNC(=O)N[C@H]1CCOc2ccccc21)N1CCOCC1. The lowest BCUT2D eigenvalue weighted by Gasteiger charge is -2.41. The quantitative estimate of drug-likeness (QED) is 0.884. The molecule has 2 heterocycles. The van der Waals surface area contributed by atoms with E-state index in [0.717, 1.165) is 44.0 Å². The van der Waals surface area contributed by atoms with Crippen LogP contribution in [0.3, 0.4) is 0 Å². The van der Waals surface area contributed by atoms with Crippen LogP contribution in [0.25, 0.3) is 0 Å². The van der Waals surface area contributed by atoms with Crippen LogP contribution in [0.1, 0.15) is 31.9 Å². The van der Waals surface area contributed by atoms with Gasteiger partial charge in [-0.1, -0.05) is 18.2 Å². The summed E-state index contributed by atoms with van der Waals surface area (Å²) in [4.78, 5) is 14.7. The number of nitrogens with zero attached hydrogens (tertiary/aromatic N) is 1. The highest BCUT2D eigenvalue weighted by atomic mass is 16.5. The lowest BCUT2D eigenvalue weighted by atomic mass is 10.0. The van der Waals surface area contributed by atoms with Gasteiger partial charge in [0.15, 0.2) is 0 Å². The van der Waals surface area contributed by atoms with Crippen molar-refractivity contribution in [3.63, 3.8) is 0 Å². The molecule has 1 saturated heterocycles. The number of fused-ring (bicyclic) bond motifs is 1. The van der Waals surface area contributed by atoms with Crippen molar-refractivity contribution in [1.29, 1.82) is 0 Å². The molecule has 0 radical (unpaired) electrons. The maximum atomic E-state index is 12.3. The minimum atomic E-state index is -0.127. The third-order valence-corrected chi connectivity index (χ3v) is 4.81. The van der Waals surface area contributed by atoms with Crippen LogP contribution < -0.4 is 15.4 Å². The number of nitrogens with one attached hydrogen (secondary N) is 2. The summed E-state index contributed by atoms with van der Waals surface area (Å²) in [5.41, 5.74) is 0.959. The molecule has 2 N–H and O–H groups in total. The molecule has 1 aromatic carbocycles. The largest absolute Gasteiger partial charge is 0.493 e. The monoisotopic (exact) mass is 333 g/mol. The molecule has 2 aliphatic rings. The Kier molecular flexibility index (Phi) is 5.26. The number of hydrogen-bond acceptors (Lipinski definition) is 4. The van der Waals surface area contributed by atoms with Crippen LogP contribution in [0, 0.1) is 0 Å². The number of carbonyl (C=O) groups excluding carboxylic acids is 1. The van der Waals surface area contributed by atoms with E-state index in [1.165, 1.54) is 0 Å². The van der Waals surface area contributed by atoms with Gasteiger partial charge in [0.2, 0.25) is 0 Å². The zero-order valence-corrected chi connectivity index (χ0v) is 14.5. The van der Waals surface area contributed by atoms with Crippen molar-refractivity contribution in [2.45, 2.75) is 31.8 Å². The highest BCUT2D eigenvalue weighted by Gasteiger charge is 2.29. The van der Waals surface area contributed by atoms with Gasteiger partial charge in [-0.25, -0.2) is 4.79 Å². The molecule has 0 saturated carbocycles. The standard InChI is InChI=1S/C18H27N3O3/c1-18(2,21-8-11-23-12-9-21)13-19-17(22)20-15-7-10-24-16-6-4-3-5-14(15)16/h3-6,15H,7-13H2,1-2H3,(H2,19,20,22)/t15-/m0/s1. The zero-order chi connectivity index (χ0) is 17.0. The van der Waals surface area contributed by atoms with Gasteiger partial charge in [0.25, 0.3) is 0 Å². The number of rotatable bonds is 4. The number of hydrogen-bond donors (Lipinski definition) is 2. The van der Waals surface area contributed by atoms with E-state index in [0.29, 0.717) is 13.2 Å². The Morgan fingerprint density at radius 1 is 1.25 bits per heavy atom. The van der Waals surface area contributed by atoms with Crippen molar-refractivity contribution >= 4 is 6.03 Å². The van der Waals surface area contributed by atoms with Gasteiger partial charge in [0.1, 0.15) is 5.75 Å². The van der Waals surface area contributed by atoms with Crippen molar-refractivity contribution in [3.05, 3.63) is 29.8 Å². The van der Waals surface area contributed by atoms with Crippen LogP contribution in [-0.2, 0) is 4.74 Å². The van der Waals surface area contributed by atoms with Crippen LogP contribution in [0.2, 0.25) is 0 Å². The Bertz CT molecular complexity index is 570. The zero-order valence-electron chi connectivity index (χ0n) is 14.5. The molecule has 1 aromatic rings. The molecule has 6 nitrogen and oxygen atoms in total. The van der Waals surface area contributed by atoms with Crippen molar-refractivity contribution in [2.24, 2.45) is 0 Å². The highest BCUT2D eigenvalue weighted by molar-refractivity contribution is 5.74. The Hall–Kier alpha value is -1.79. The predicted molar refractivity (Wildman–Crippen MR) is 92.3 cm³/mol. The summed E-state index contributed by atoms with van der Waals surface area (Å²) in [6.07, 6.45) is 0.789. The van der Waals surface area contributed by atoms with E-state index < -0.39 is 0 Å². The number of amides is 2. The molecule has 2 aliphatic heterocycles. The fourth-order valence-electron chi connectivity index (χ4n) is 3.28. The summed E-state index contributed by atoms with van der Waals surface area (Å²) in [5.74, 6) is 0.864. The summed E-state index contributed by atoms with van der Waals surface area (Å²) in [6.45, 7) is 8.87. The second-order valence-corrected chi connectivity index (χ2v) is 6.97. The fourth-order valence-corrected chi connectivity index (χ4v) is 3.28. The molecule has 0 unspecified atom stereocenters. The van der Waals surface area contributed by atoms with Crippen molar-refractivity contribution in [1.82, 2.24) is 15.5 Å².